The summed E-state index contributed by atoms with van der Waals surface area (Å²) in [5.74, 6) is 1.40. The van der Waals surface area contributed by atoms with E-state index in [2.05, 4.69) is 67.7 Å². The van der Waals surface area contributed by atoms with Gasteiger partial charge in [0.25, 0.3) is 0 Å². The number of rotatable bonds is 19. The van der Waals surface area contributed by atoms with Crippen LogP contribution in [0.25, 0.3) is 0 Å². The summed E-state index contributed by atoms with van der Waals surface area (Å²) in [6.45, 7) is 18.0. The van der Waals surface area contributed by atoms with Crippen molar-refractivity contribution in [2.75, 3.05) is 115 Å². The lowest BCUT2D eigenvalue weighted by molar-refractivity contribution is 0.00211. The lowest BCUT2D eigenvalue weighted by atomic mass is 10.3. The Morgan fingerprint density at radius 2 is 0.760 bits per heavy atom. The zero-order valence-electron chi connectivity index (χ0n) is 42.5. The number of unbranched alkanes of at least 4 members (excludes halogenated alkanes) is 1. The van der Waals surface area contributed by atoms with Crippen LogP contribution in [-0.4, -0.2) is 191 Å². The summed E-state index contributed by atoms with van der Waals surface area (Å²) >= 11 is 33.2. The first-order chi connectivity index (χ1) is 35.5. The Balaban J connectivity index is 0.000000466. The molecule has 9 rings (SSSR count). The van der Waals surface area contributed by atoms with Gasteiger partial charge in [-0.1, -0.05) is 34.6 Å². The van der Waals surface area contributed by atoms with Gasteiger partial charge in [0.1, 0.15) is 6.10 Å². The lowest BCUT2D eigenvalue weighted by Gasteiger charge is -2.54. The first-order valence-corrected chi connectivity index (χ1v) is 33.0. The summed E-state index contributed by atoms with van der Waals surface area (Å²) in [4.78, 5) is 34.2. The minimum Gasteiger partial charge on any atom is -0.394 e. The average molecular weight is 1240 g/mol. The van der Waals surface area contributed by atoms with E-state index in [-0.39, 0.29) is 52.3 Å². The molecule has 0 radical (unpaired) electrons. The second-order valence-electron chi connectivity index (χ2n) is 16.4. The lowest BCUT2D eigenvalue weighted by Crippen LogP contribution is -2.67. The zero-order chi connectivity index (χ0) is 55.0. The Bertz CT molecular complexity index is 1900. The predicted molar refractivity (Wildman–Crippen MR) is 303 cm³/mol. The van der Waals surface area contributed by atoms with Crippen molar-refractivity contribution in [3.63, 3.8) is 0 Å². The van der Waals surface area contributed by atoms with Crippen molar-refractivity contribution >= 4 is 113 Å². The number of anilines is 3. The molecule has 6 fully saturated rings. The van der Waals surface area contributed by atoms with Gasteiger partial charge in [0.15, 0.2) is 0 Å². The van der Waals surface area contributed by atoms with E-state index in [1.165, 1.54) is 12.8 Å². The smallest absolute Gasteiger partial charge is 0.346 e. The van der Waals surface area contributed by atoms with Gasteiger partial charge in [0.05, 0.1) is 13.2 Å². The molecular formula is C41H80Cl6N16O9Si3. The minimum atomic E-state index is -1.72. The van der Waals surface area contributed by atoms with Crippen molar-refractivity contribution in [2.24, 2.45) is 22.9 Å². The largest absolute Gasteiger partial charge is 0.394 e. The Morgan fingerprint density at radius 1 is 0.480 bits per heavy atom. The van der Waals surface area contributed by atoms with Gasteiger partial charge in [-0.3, -0.25) is 0 Å². The fraction of sp³-hybridized carbons (Fsp3) is 0.780. The van der Waals surface area contributed by atoms with Gasteiger partial charge in [0, 0.05) is 75.9 Å². The van der Waals surface area contributed by atoms with Gasteiger partial charge in [-0.15, -0.1) is 0 Å². The SMILES string of the molecule is C.CCCCN.CCN.CCN.CCNc1nc(Cl)nc(NCCC[Si]23OCC2CO3)n1.Clc1nc(Cl)nc(Cl)n1.Clc1nc(Cl)nc(NCCC[Si]23OCC2CO3)n1.NCCC[Si]12OCC1CO2.OCC(O)CO. The number of nitrogens with one attached hydrogen (secondary N) is 3. The quantitative estimate of drug-likeness (QED) is 0.0547. The number of hydrogen-bond acceptors (Lipinski definition) is 25. The summed E-state index contributed by atoms with van der Waals surface area (Å²) in [7, 11) is -4.97. The van der Waals surface area contributed by atoms with Crippen molar-refractivity contribution < 1.29 is 41.9 Å². The van der Waals surface area contributed by atoms with Gasteiger partial charge in [-0.05, 0) is 147 Å². The van der Waals surface area contributed by atoms with Gasteiger partial charge in [-0.2, -0.15) is 44.9 Å². The number of aliphatic hydroxyl groups excluding tert-OH is 3. The van der Waals surface area contributed by atoms with Crippen molar-refractivity contribution in [3.8, 4) is 0 Å². The van der Waals surface area contributed by atoms with Crippen molar-refractivity contribution in [1.29, 1.82) is 0 Å². The molecule has 0 aliphatic carbocycles. The number of aromatic nitrogens is 9. The molecule has 432 valence electrons. The first-order valence-electron chi connectivity index (χ1n) is 24.5. The molecule has 3 aromatic heterocycles. The van der Waals surface area contributed by atoms with Crippen molar-refractivity contribution in [2.45, 2.75) is 108 Å². The van der Waals surface area contributed by atoms with Crippen LogP contribution in [0.15, 0.2) is 0 Å². The van der Waals surface area contributed by atoms with E-state index in [9.17, 15) is 0 Å². The van der Waals surface area contributed by atoms with E-state index < -0.39 is 31.8 Å². The standard InChI is InChI=1S/C11H18ClN5O2Si.C9H12Cl2N4O2Si.C6H13NO2Si.C4H11N.C3Cl3N3.C3H8O3.2C2H7N.CH4/c1-2-13-10-15-9(12)16-11(17-10)14-4-3-5-20-8(6-18-20)7-19-20;10-7-13-8(11)15-9(14-7)12-2-1-3-18-6(4-16-18)5-17-18;7-2-1-3-10-6(4-8-10)5-9-10;1-2-3-4-5;4-1-7-2(5)9-3(6)8-1;4-1-3(6)2-5;2*1-2-3;/h8H,2-7H2,1H3,(H2,13,14,15,16,17);6H,1-5H2,(H,12,13,14,15);6H,1-5,7H2;2-5H2,1H3;;3-6H,1-2H2;2*2-3H2,1H3;1H4. The Hall–Kier alpha value is -1.70. The van der Waals surface area contributed by atoms with E-state index >= 15 is 0 Å². The second kappa shape index (κ2) is 39.6. The fourth-order valence-electron chi connectivity index (χ4n) is 6.69. The molecule has 14 N–H and O–H groups in total. The molecule has 0 unspecified atom stereocenters. The molecule has 9 heterocycles. The highest BCUT2D eigenvalue weighted by atomic mass is 35.5. The van der Waals surface area contributed by atoms with Crippen LogP contribution in [0, 0.1) is 0 Å². The molecule has 0 spiro atoms. The molecule has 0 aromatic carbocycles. The summed E-state index contributed by atoms with van der Waals surface area (Å²) in [6.07, 6.45) is 4.45. The highest BCUT2D eigenvalue weighted by Crippen LogP contribution is 2.48. The van der Waals surface area contributed by atoms with Crippen molar-refractivity contribution in [3.05, 3.63) is 31.7 Å². The number of halogens is 6. The number of fused-ring (bicyclic) bond motifs is 3. The number of hydrogen-bond donors (Lipinski definition) is 10. The number of nitrogens with two attached hydrogens (primary N) is 4. The predicted octanol–water partition coefficient (Wildman–Crippen LogP) is 5.17. The van der Waals surface area contributed by atoms with E-state index in [0.29, 0.717) is 17.8 Å². The van der Waals surface area contributed by atoms with Crippen LogP contribution >= 0.6 is 69.6 Å². The fourth-order valence-corrected chi connectivity index (χ4v) is 16.8. The zero-order valence-corrected chi connectivity index (χ0v) is 50.0. The monoisotopic (exact) mass is 1230 g/mol. The third-order valence-electron chi connectivity index (χ3n) is 10.8. The third-order valence-corrected chi connectivity index (χ3v) is 23.6. The summed E-state index contributed by atoms with van der Waals surface area (Å²) in [6, 6.07) is 3.16. The highest BCUT2D eigenvalue weighted by molar-refractivity contribution is 6.74. The van der Waals surface area contributed by atoms with Gasteiger partial charge >= 0.3 is 25.7 Å². The van der Waals surface area contributed by atoms with E-state index in [1.807, 2.05) is 20.8 Å². The van der Waals surface area contributed by atoms with Crippen LogP contribution in [0.4, 0.5) is 17.8 Å². The highest BCUT2D eigenvalue weighted by Gasteiger charge is 2.62. The molecule has 75 heavy (non-hydrogen) atoms. The maximum atomic E-state index is 8.17. The minimum absolute atomic E-state index is 0. The molecule has 25 nitrogen and oxygen atoms in total. The maximum absolute atomic E-state index is 8.17. The van der Waals surface area contributed by atoms with Crippen molar-refractivity contribution in [1.82, 2.24) is 44.9 Å². The molecule has 6 aliphatic rings. The van der Waals surface area contributed by atoms with Gasteiger partial charge < -0.3 is 80.8 Å². The van der Waals surface area contributed by atoms with Gasteiger partial charge in [0.2, 0.25) is 49.5 Å². The molecule has 0 saturated carbocycles. The van der Waals surface area contributed by atoms with Gasteiger partial charge in [-0.25, -0.2) is 0 Å². The van der Waals surface area contributed by atoms with E-state index in [4.69, 9.17) is 134 Å². The molecule has 0 amide bonds. The van der Waals surface area contributed by atoms with Crippen LogP contribution in [0.5, 0.6) is 0 Å². The first kappa shape index (κ1) is 71.3. The number of nitrogens with zero attached hydrogens (tertiary/aromatic N) is 9. The van der Waals surface area contributed by atoms with Crippen LogP contribution in [0.2, 0.25) is 66.5 Å². The molecular weight excluding hydrogens is 1160 g/mol. The molecule has 3 aromatic rings. The maximum Gasteiger partial charge on any atom is 0.346 e. The molecule has 34 heteroatoms. The normalized spacial score (nSPS) is 23.0. The van der Waals surface area contributed by atoms with E-state index in [1.54, 1.807) is 0 Å². The van der Waals surface area contributed by atoms with E-state index in [0.717, 1.165) is 139 Å². The second-order valence-corrected chi connectivity index (χ2v) is 29.0. The van der Waals surface area contributed by atoms with Crippen LogP contribution in [0.3, 0.4) is 0 Å². The third kappa shape index (κ3) is 25.5. The molecule has 6 aliphatic heterocycles. The molecule has 0 bridgehead atoms. The molecule has 0 atom stereocenters. The van der Waals surface area contributed by atoms with Crippen LogP contribution < -0.4 is 38.9 Å². The van der Waals surface area contributed by atoms with Crippen LogP contribution in [0.1, 0.15) is 67.2 Å². The van der Waals surface area contributed by atoms with Crippen LogP contribution in [-0.2, 0) is 26.6 Å². The average Bonchev–Trinajstić information content (AvgIpc) is 3.34. The summed E-state index contributed by atoms with van der Waals surface area (Å²) < 4.78 is 33.5. The Morgan fingerprint density at radius 3 is 0.987 bits per heavy atom. The Kier molecular flexibility index (Phi) is 37.7. The topological polar surface area (TPSA) is 372 Å². The Labute approximate surface area is 474 Å². The number of aliphatic hydroxyl groups is 3. The summed E-state index contributed by atoms with van der Waals surface area (Å²) in [5.41, 5.74) is 22.5. The molecule has 6 saturated heterocycles. The summed E-state index contributed by atoms with van der Waals surface area (Å²) in [5, 5.41) is 33.6.